The number of nitrogens with zero attached hydrogens (tertiary/aromatic N) is 4. The molecule has 0 aliphatic carbocycles. The zero-order valence-corrected chi connectivity index (χ0v) is 17.0. The van der Waals surface area contributed by atoms with Gasteiger partial charge in [0.2, 0.25) is 5.91 Å². The summed E-state index contributed by atoms with van der Waals surface area (Å²) >= 11 is 0. The van der Waals surface area contributed by atoms with Gasteiger partial charge in [-0.2, -0.15) is 0 Å². The molecule has 154 valence electrons. The molecular weight excluding hydrogens is 360 g/mol. The van der Waals surface area contributed by atoms with Crippen LogP contribution in [0.3, 0.4) is 0 Å². The molecule has 28 heavy (non-hydrogen) atoms. The Bertz CT molecular complexity index is 708. The maximum absolute atomic E-state index is 12.7. The number of carbonyl (C=O) groups is 1. The van der Waals surface area contributed by atoms with Crippen LogP contribution in [-0.4, -0.2) is 73.6 Å². The highest BCUT2D eigenvalue weighted by Gasteiger charge is 2.29. The van der Waals surface area contributed by atoms with E-state index >= 15 is 0 Å². The van der Waals surface area contributed by atoms with Gasteiger partial charge in [-0.15, -0.1) is 0 Å². The fraction of sp³-hybridized carbons (Fsp3) is 0.650. The van der Waals surface area contributed by atoms with Crippen molar-refractivity contribution in [3.8, 4) is 5.75 Å². The summed E-state index contributed by atoms with van der Waals surface area (Å²) in [6.45, 7) is 9.23. The van der Waals surface area contributed by atoms with E-state index in [1.165, 1.54) is 12.5 Å². The number of benzene rings is 1. The number of anilines is 1. The summed E-state index contributed by atoms with van der Waals surface area (Å²) in [5.74, 6) is 1.90. The summed E-state index contributed by atoms with van der Waals surface area (Å²) in [5, 5.41) is 11.4. The molecule has 2 heterocycles. The number of nitro groups is 1. The number of carbonyl (C=O) groups excluding carboxylic acids is 1. The maximum atomic E-state index is 12.7. The second-order valence-corrected chi connectivity index (χ2v) is 8.12. The SMILES string of the molecule is COc1ccc([N+](=O)[O-])c(N2CCN(CC(=O)N3C[C@H](C)C[C@@H](C)C3)CC2)c1. The average molecular weight is 390 g/mol. The predicted molar refractivity (Wildman–Crippen MR) is 108 cm³/mol. The van der Waals surface area contributed by atoms with E-state index in [0.29, 0.717) is 56.0 Å². The van der Waals surface area contributed by atoms with Gasteiger partial charge < -0.3 is 14.5 Å². The molecule has 1 aromatic rings. The lowest BCUT2D eigenvalue weighted by atomic mass is 9.92. The summed E-state index contributed by atoms with van der Waals surface area (Å²) in [4.78, 5) is 29.9. The molecular formula is C20H30N4O4. The van der Waals surface area contributed by atoms with E-state index in [2.05, 4.69) is 18.7 Å². The molecule has 0 spiro atoms. The van der Waals surface area contributed by atoms with E-state index in [4.69, 9.17) is 4.74 Å². The van der Waals surface area contributed by atoms with Crippen LogP contribution in [0.15, 0.2) is 18.2 Å². The lowest BCUT2D eigenvalue weighted by molar-refractivity contribution is -0.384. The zero-order chi connectivity index (χ0) is 20.3. The molecule has 0 radical (unpaired) electrons. The fourth-order valence-electron chi connectivity index (χ4n) is 4.34. The van der Waals surface area contributed by atoms with Crippen LogP contribution >= 0.6 is 0 Å². The number of ether oxygens (including phenoxy) is 1. The molecule has 0 bridgehead atoms. The summed E-state index contributed by atoms with van der Waals surface area (Å²) in [6, 6.07) is 4.81. The van der Waals surface area contributed by atoms with Gasteiger partial charge in [-0.1, -0.05) is 13.8 Å². The van der Waals surface area contributed by atoms with Crippen LogP contribution in [0.5, 0.6) is 5.75 Å². The molecule has 0 saturated carbocycles. The largest absolute Gasteiger partial charge is 0.497 e. The molecule has 8 nitrogen and oxygen atoms in total. The number of hydrogen-bond donors (Lipinski definition) is 0. The number of nitro benzene ring substituents is 1. The normalized spacial score (nSPS) is 23.5. The molecule has 2 aliphatic rings. The van der Waals surface area contributed by atoms with Crippen molar-refractivity contribution in [2.75, 3.05) is 57.8 Å². The van der Waals surface area contributed by atoms with Gasteiger partial charge in [0.1, 0.15) is 11.4 Å². The first-order chi connectivity index (χ1) is 13.4. The van der Waals surface area contributed by atoms with Crippen molar-refractivity contribution in [1.82, 2.24) is 9.80 Å². The highest BCUT2D eigenvalue weighted by molar-refractivity contribution is 5.78. The van der Waals surface area contributed by atoms with Crippen molar-refractivity contribution < 1.29 is 14.5 Å². The zero-order valence-electron chi connectivity index (χ0n) is 17.0. The van der Waals surface area contributed by atoms with E-state index in [0.717, 1.165) is 13.1 Å². The van der Waals surface area contributed by atoms with Gasteiger partial charge in [0.05, 0.1) is 18.6 Å². The molecule has 0 N–H and O–H groups in total. The van der Waals surface area contributed by atoms with Gasteiger partial charge in [-0.05, 0) is 24.3 Å². The van der Waals surface area contributed by atoms with Gasteiger partial charge >= 0.3 is 0 Å². The first-order valence-corrected chi connectivity index (χ1v) is 9.95. The second kappa shape index (κ2) is 8.77. The van der Waals surface area contributed by atoms with Gasteiger partial charge in [0.15, 0.2) is 0 Å². The minimum atomic E-state index is -0.358. The van der Waals surface area contributed by atoms with E-state index in [1.54, 1.807) is 19.2 Å². The van der Waals surface area contributed by atoms with Crippen molar-refractivity contribution >= 4 is 17.3 Å². The Hall–Kier alpha value is -2.35. The molecule has 8 heteroatoms. The van der Waals surface area contributed by atoms with Crippen molar-refractivity contribution in [2.45, 2.75) is 20.3 Å². The van der Waals surface area contributed by atoms with Gasteiger partial charge in [-0.25, -0.2) is 0 Å². The van der Waals surface area contributed by atoms with E-state index in [-0.39, 0.29) is 16.5 Å². The first-order valence-electron chi connectivity index (χ1n) is 9.95. The third-order valence-corrected chi connectivity index (χ3v) is 5.67. The van der Waals surface area contributed by atoms with Crippen LogP contribution in [0.2, 0.25) is 0 Å². The Labute approximate surface area is 166 Å². The molecule has 1 amide bonds. The third-order valence-electron chi connectivity index (χ3n) is 5.67. The van der Waals surface area contributed by atoms with E-state index in [9.17, 15) is 14.9 Å². The minimum Gasteiger partial charge on any atom is -0.497 e. The van der Waals surface area contributed by atoms with Crippen molar-refractivity contribution in [1.29, 1.82) is 0 Å². The highest BCUT2D eigenvalue weighted by atomic mass is 16.6. The molecule has 0 unspecified atom stereocenters. The van der Waals surface area contributed by atoms with E-state index < -0.39 is 0 Å². The van der Waals surface area contributed by atoms with Crippen LogP contribution in [0, 0.1) is 22.0 Å². The molecule has 0 aromatic heterocycles. The lowest BCUT2D eigenvalue weighted by Gasteiger charge is -2.38. The molecule has 2 aliphatic heterocycles. The van der Waals surface area contributed by atoms with Crippen molar-refractivity contribution in [3.05, 3.63) is 28.3 Å². The summed E-state index contributed by atoms with van der Waals surface area (Å²) in [7, 11) is 1.55. The van der Waals surface area contributed by atoms with Gasteiger partial charge in [0.25, 0.3) is 5.69 Å². The Kier molecular flexibility index (Phi) is 6.39. The fourth-order valence-corrected chi connectivity index (χ4v) is 4.34. The molecule has 3 rings (SSSR count). The van der Waals surface area contributed by atoms with Crippen LogP contribution in [-0.2, 0) is 4.79 Å². The quantitative estimate of drug-likeness (QED) is 0.567. The van der Waals surface area contributed by atoms with Gasteiger partial charge in [0, 0.05) is 51.4 Å². The van der Waals surface area contributed by atoms with Crippen LogP contribution in [0.4, 0.5) is 11.4 Å². The summed E-state index contributed by atoms with van der Waals surface area (Å²) in [6.07, 6.45) is 1.18. The Morgan fingerprint density at radius 3 is 2.39 bits per heavy atom. The first kappa shape index (κ1) is 20.4. The van der Waals surface area contributed by atoms with Crippen LogP contribution in [0.25, 0.3) is 0 Å². The molecule has 1 aromatic carbocycles. The number of likely N-dealkylation sites (tertiary alicyclic amines) is 1. The molecule has 2 atom stereocenters. The summed E-state index contributed by atoms with van der Waals surface area (Å²) < 4.78 is 5.23. The highest BCUT2D eigenvalue weighted by Crippen LogP contribution is 2.32. The topological polar surface area (TPSA) is 79.2 Å². The predicted octanol–water partition coefficient (Wildman–Crippen LogP) is 2.23. The smallest absolute Gasteiger partial charge is 0.292 e. The number of methoxy groups -OCH3 is 1. The number of piperidine rings is 1. The Morgan fingerprint density at radius 1 is 1.18 bits per heavy atom. The number of hydrogen-bond acceptors (Lipinski definition) is 6. The number of piperazine rings is 1. The Morgan fingerprint density at radius 2 is 1.82 bits per heavy atom. The third kappa shape index (κ3) is 4.73. The average Bonchev–Trinajstić information content (AvgIpc) is 2.67. The number of rotatable bonds is 5. The number of amides is 1. The summed E-state index contributed by atoms with van der Waals surface area (Å²) in [5.41, 5.74) is 0.663. The molecule has 2 saturated heterocycles. The standard InChI is InChI=1S/C20H30N4O4/c1-15-10-16(2)13-23(12-15)20(25)14-21-6-8-22(9-7-21)19-11-17(28-3)4-5-18(19)24(26)27/h4-5,11,15-16H,6-10,12-14H2,1-3H3/t15-,16-/m1/s1. The van der Waals surface area contributed by atoms with Gasteiger partial charge in [-0.3, -0.25) is 19.8 Å². The minimum absolute atomic E-state index is 0.0848. The molecule has 2 fully saturated rings. The maximum Gasteiger partial charge on any atom is 0.292 e. The second-order valence-electron chi connectivity index (χ2n) is 8.12. The van der Waals surface area contributed by atoms with Crippen LogP contribution in [0.1, 0.15) is 20.3 Å². The monoisotopic (exact) mass is 390 g/mol. The Balaban J connectivity index is 1.59. The lowest BCUT2D eigenvalue weighted by Crippen LogP contribution is -2.52. The van der Waals surface area contributed by atoms with Crippen molar-refractivity contribution in [3.63, 3.8) is 0 Å². The van der Waals surface area contributed by atoms with Crippen molar-refractivity contribution in [2.24, 2.45) is 11.8 Å². The van der Waals surface area contributed by atoms with Crippen LogP contribution < -0.4 is 9.64 Å². The van der Waals surface area contributed by atoms with E-state index in [1.807, 2.05) is 9.80 Å².